The Morgan fingerprint density at radius 2 is 1.89 bits per heavy atom. The topological polar surface area (TPSA) is 57.5 Å². The summed E-state index contributed by atoms with van der Waals surface area (Å²) in [6, 6.07) is 7.15. The van der Waals surface area contributed by atoms with Gasteiger partial charge in [0.15, 0.2) is 0 Å². The molecule has 1 aliphatic heterocycles. The SMILES string of the molecule is C/C=C(\C=C(\OCC)C(CC)=NC(C)=N)C(/CCC)=C(/c1cc(C2CCNCC2)ccc1C)C(C)C. The highest BCUT2D eigenvalue weighted by Crippen LogP contribution is 2.38. The van der Waals surface area contributed by atoms with Gasteiger partial charge >= 0.3 is 0 Å². The molecule has 2 rings (SSSR count). The Labute approximate surface area is 220 Å². The minimum Gasteiger partial charge on any atom is -0.492 e. The van der Waals surface area contributed by atoms with Crippen molar-refractivity contribution < 1.29 is 4.74 Å². The molecule has 1 heterocycles. The molecule has 1 aromatic carbocycles. The van der Waals surface area contributed by atoms with E-state index in [-0.39, 0.29) is 0 Å². The first-order valence-electron chi connectivity index (χ1n) is 14.0. The molecule has 1 aromatic rings. The van der Waals surface area contributed by atoms with Crippen LogP contribution in [0.4, 0.5) is 0 Å². The lowest BCUT2D eigenvalue weighted by molar-refractivity contribution is 0.248. The van der Waals surface area contributed by atoms with E-state index in [1.165, 1.54) is 46.3 Å². The van der Waals surface area contributed by atoms with Crippen molar-refractivity contribution in [1.82, 2.24) is 5.32 Å². The molecule has 0 spiro atoms. The number of hydrogen-bond acceptors (Lipinski definition) is 3. The first kappa shape index (κ1) is 29.8. The van der Waals surface area contributed by atoms with Crippen LogP contribution in [0.1, 0.15) is 103 Å². The van der Waals surface area contributed by atoms with Gasteiger partial charge in [-0.25, -0.2) is 4.99 Å². The maximum atomic E-state index is 7.90. The van der Waals surface area contributed by atoms with E-state index in [9.17, 15) is 0 Å². The minimum atomic E-state index is 0.303. The zero-order chi connectivity index (χ0) is 26.7. The van der Waals surface area contributed by atoms with Gasteiger partial charge in [0.2, 0.25) is 0 Å². The minimum absolute atomic E-state index is 0.303. The van der Waals surface area contributed by atoms with E-state index in [0.717, 1.165) is 43.8 Å². The van der Waals surface area contributed by atoms with Crippen molar-refractivity contribution in [2.45, 2.75) is 93.4 Å². The van der Waals surface area contributed by atoms with Crippen LogP contribution in [-0.4, -0.2) is 31.2 Å². The summed E-state index contributed by atoms with van der Waals surface area (Å²) in [6.45, 7) is 19.8. The third-order valence-electron chi connectivity index (χ3n) is 6.93. The molecular formula is C32H49N3O. The van der Waals surface area contributed by atoms with Crippen LogP contribution in [-0.2, 0) is 4.74 Å². The second kappa shape index (κ2) is 14.9. The Bertz CT molecular complexity index is 1000. The average Bonchev–Trinajstić information content (AvgIpc) is 2.86. The van der Waals surface area contributed by atoms with Gasteiger partial charge in [-0.05, 0) is 118 Å². The third-order valence-corrected chi connectivity index (χ3v) is 6.93. The van der Waals surface area contributed by atoms with Crippen LogP contribution >= 0.6 is 0 Å². The number of amidine groups is 1. The Hall–Kier alpha value is -2.46. The standard InChI is InChI=1S/C32H49N3O/c1-9-13-28(25(10-2)21-31(36-12-4)30(11-3)35-24(8)33)32(22(5)6)29-20-27(15-14-23(29)7)26-16-18-34-19-17-26/h10,14-15,20-22,26,33-34H,9,11-13,16-19H2,1-8H3/b25-10+,31-21+,32-28+,33-24?,35-30?. The summed E-state index contributed by atoms with van der Waals surface area (Å²) in [5.41, 5.74) is 9.04. The van der Waals surface area contributed by atoms with Gasteiger partial charge in [-0.15, -0.1) is 0 Å². The van der Waals surface area contributed by atoms with Crippen LogP contribution in [0.5, 0.6) is 0 Å². The molecule has 0 atom stereocenters. The highest BCUT2D eigenvalue weighted by molar-refractivity contribution is 6.05. The van der Waals surface area contributed by atoms with Gasteiger partial charge in [0.1, 0.15) is 11.6 Å². The fraction of sp³-hybridized carbons (Fsp3) is 0.562. The van der Waals surface area contributed by atoms with Crippen molar-refractivity contribution in [2.75, 3.05) is 19.7 Å². The second-order valence-electron chi connectivity index (χ2n) is 10.1. The number of hydrogen-bond donors (Lipinski definition) is 2. The molecule has 1 saturated heterocycles. The van der Waals surface area contributed by atoms with E-state index in [0.29, 0.717) is 24.3 Å². The summed E-state index contributed by atoms with van der Waals surface area (Å²) in [7, 11) is 0. The maximum absolute atomic E-state index is 7.90. The fourth-order valence-corrected chi connectivity index (χ4v) is 5.21. The van der Waals surface area contributed by atoms with Gasteiger partial charge in [0.25, 0.3) is 0 Å². The molecule has 4 nitrogen and oxygen atoms in total. The molecule has 0 aromatic heterocycles. The van der Waals surface area contributed by atoms with E-state index >= 15 is 0 Å². The number of piperidine rings is 1. The van der Waals surface area contributed by atoms with Crippen LogP contribution in [0, 0.1) is 18.3 Å². The normalized spacial score (nSPS) is 16.9. The summed E-state index contributed by atoms with van der Waals surface area (Å²) in [4.78, 5) is 4.48. The highest BCUT2D eigenvalue weighted by atomic mass is 16.5. The van der Waals surface area contributed by atoms with E-state index < -0.39 is 0 Å². The van der Waals surface area contributed by atoms with Crippen LogP contribution in [0.3, 0.4) is 0 Å². The van der Waals surface area contributed by atoms with Crippen molar-refractivity contribution >= 4 is 17.1 Å². The zero-order valence-corrected chi connectivity index (χ0v) is 24.1. The third kappa shape index (κ3) is 8.03. The van der Waals surface area contributed by atoms with E-state index in [1.54, 1.807) is 6.92 Å². The smallest absolute Gasteiger partial charge is 0.141 e. The Morgan fingerprint density at radius 3 is 2.42 bits per heavy atom. The number of nitrogens with one attached hydrogen (secondary N) is 2. The Morgan fingerprint density at radius 1 is 1.19 bits per heavy atom. The highest BCUT2D eigenvalue weighted by Gasteiger charge is 2.21. The molecule has 4 heteroatoms. The van der Waals surface area contributed by atoms with Crippen molar-refractivity contribution in [2.24, 2.45) is 10.9 Å². The van der Waals surface area contributed by atoms with Gasteiger partial charge in [-0.2, -0.15) is 0 Å². The first-order chi connectivity index (χ1) is 17.3. The maximum Gasteiger partial charge on any atom is 0.141 e. The fourth-order valence-electron chi connectivity index (χ4n) is 5.21. The summed E-state index contributed by atoms with van der Waals surface area (Å²) >= 11 is 0. The molecule has 1 fully saturated rings. The van der Waals surface area contributed by atoms with Gasteiger partial charge < -0.3 is 10.1 Å². The predicted molar refractivity (Wildman–Crippen MR) is 157 cm³/mol. The molecule has 0 unspecified atom stereocenters. The number of ether oxygens (including phenoxy) is 1. The van der Waals surface area contributed by atoms with E-state index in [1.807, 2.05) is 6.92 Å². The number of allylic oxidation sites excluding steroid dienone is 6. The average molecular weight is 492 g/mol. The van der Waals surface area contributed by atoms with Crippen molar-refractivity contribution in [3.63, 3.8) is 0 Å². The van der Waals surface area contributed by atoms with Gasteiger partial charge in [0, 0.05) is 0 Å². The van der Waals surface area contributed by atoms with Crippen molar-refractivity contribution in [3.8, 4) is 0 Å². The monoisotopic (exact) mass is 491 g/mol. The number of benzene rings is 1. The lowest BCUT2D eigenvalue weighted by Gasteiger charge is -2.26. The number of aliphatic imine (C=N–C) groups is 1. The van der Waals surface area contributed by atoms with Crippen molar-refractivity contribution in [1.29, 1.82) is 5.41 Å². The summed E-state index contributed by atoms with van der Waals surface area (Å²) in [6.07, 6.45) is 9.58. The van der Waals surface area contributed by atoms with Crippen LogP contribution in [0.25, 0.3) is 5.57 Å². The molecule has 0 aliphatic carbocycles. The molecule has 198 valence electrons. The summed E-state index contributed by atoms with van der Waals surface area (Å²) in [5.74, 6) is 2.09. The molecular weight excluding hydrogens is 442 g/mol. The van der Waals surface area contributed by atoms with E-state index in [4.69, 9.17) is 10.1 Å². The van der Waals surface area contributed by atoms with Gasteiger partial charge in [0.05, 0.1) is 12.3 Å². The van der Waals surface area contributed by atoms with E-state index in [2.05, 4.69) is 82.2 Å². The molecule has 0 radical (unpaired) electrons. The number of rotatable bonds is 11. The van der Waals surface area contributed by atoms with Crippen molar-refractivity contribution in [3.05, 3.63) is 63.9 Å². The summed E-state index contributed by atoms with van der Waals surface area (Å²) < 4.78 is 6.09. The lowest BCUT2D eigenvalue weighted by Crippen LogP contribution is -2.26. The summed E-state index contributed by atoms with van der Waals surface area (Å²) in [5, 5.41) is 11.4. The quantitative estimate of drug-likeness (QED) is 0.141. The molecule has 0 bridgehead atoms. The molecule has 2 N–H and O–H groups in total. The lowest BCUT2D eigenvalue weighted by atomic mass is 9.81. The van der Waals surface area contributed by atoms with Crippen LogP contribution in [0.15, 0.2) is 52.2 Å². The first-order valence-corrected chi connectivity index (χ1v) is 14.0. The Kier molecular flexibility index (Phi) is 12.4. The molecule has 0 amide bonds. The van der Waals surface area contributed by atoms with Crippen LogP contribution in [0.2, 0.25) is 0 Å². The zero-order valence-electron chi connectivity index (χ0n) is 24.1. The van der Waals surface area contributed by atoms with Gasteiger partial charge in [-0.3, -0.25) is 5.41 Å². The molecule has 36 heavy (non-hydrogen) atoms. The predicted octanol–water partition coefficient (Wildman–Crippen LogP) is 8.39. The van der Waals surface area contributed by atoms with Gasteiger partial charge in [-0.1, -0.05) is 58.4 Å². The Balaban J connectivity index is 2.74. The van der Waals surface area contributed by atoms with Crippen LogP contribution < -0.4 is 5.32 Å². The molecule has 0 saturated carbocycles. The number of nitrogens with zero attached hydrogens (tertiary/aromatic N) is 1. The molecule has 1 aliphatic rings. The number of aryl methyl sites for hydroxylation is 1. The largest absolute Gasteiger partial charge is 0.492 e. The second-order valence-corrected chi connectivity index (χ2v) is 10.1.